The molecule has 5 nitrogen and oxygen atoms in total. The number of aliphatic carboxylic acids is 1. The number of aryl methyl sites for hydroxylation is 1. The average molecular weight is 312 g/mol. The number of carboxylic acids is 1. The molecule has 21 heavy (non-hydrogen) atoms. The lowest BCUT2D eigenvalue weighted by Crippen LogP contribution is -2.32. The molecule has 0 spiro atoms. The zero-order valence-electron chi connectivity index (χ0n) is 13.2. The molecule has 1 atom stereocenters. The summed E-state index contributed by atoms with van der Waals surface area (Å²) in [6.45, 7) is 5.85. The first-order valence-electron chi connectivity index (χ1n) is 7.30. The second kappa shape index (κ2) is 8.22. The van der Waals surface area contributed by atoms with E-state index in [9.17, 15) is 9.59 Å². The third kappa shape index (κ3) is 4.33. The van der Waals surface area contributed by atoms with Crippen molar-refractivity contribution in [1.29, 1.82) is 0 Å². The van der Waals surface area contributed by atoms with Crippen LogP contribution in [0, 0.1) is 0 Å². The van der Waals surface area contributed by atoms with E-state index in [2.05, 4.69) is 4.98 Å². The molecule has 1 heterocycles. The molecule has 0 radical (unpaired) electrons. The number of rotatable bonds is 8. The summed E-state index contributed by atoms with van der Waals surface area (Å²) >= 11 is 1.74. The predicted molar refractivity (Wildman–Crippen MR) is 86.3 cm³/mol. The van der Waals surface area contributed by atoms with Gasteiger partial charge in [-0.15, -0.1) is 0 Å². The van der Waals surface area contributed by atoms with Crippen LogP contribution >= 0.6 is 11.8 Å². The molecule has 1 N–H and O–H groups in total. The van der Waals surface area contributed by atoms with Crippen molar-refractivity contribution in [3.63, 3.8) is 0 Å². The number of carboxylic acid groups (broad SMARTS) is 1. The van der Waals surface area contributed by atoms with Gasteiger partial charge in [0.1, 0.15) is 0 Å². The normalized spacial score (nSPS) is 12.4. The maximum absolute atomic E-state index is 12.3. The van der Waals surface area contributed by atoms with Gasteiger partial charge >= 0.3 is 11.7 Å². The Bertz CT molecular complexity index is 555. The largest absolute Gasteiger partial charge is 0.481 e. The molecule has 0 aliphatic heterocycles. The molecule has 0 aromatic carbocycles. The number of carbonyl (C=O) groups is 1. The summed E-state index contributed by atoms with van der Waals surface area (Å²) in [5.41, 5.74) is 1.89. The Balaban J connectivity index is 3.42. The highest BCUT2D eigenvalue weighted by molar-refractivity contribution is 7.98. The molecule has 0 aliphatic carbocycles. The molecule has 0 saturated carbocycles. The van der Waals surface area contributed by atoms with Crippen molar-refractivity contribution in [3.05, 3.63) is 27.4 Å². The van der Waals surface area contributed by atoms with Crippen LogP contribution in [0.25, 0.3) is 0 Å². The van der Waals surface area contributed by atoms with Crippen LogP contribution in [0.1, 0.15) is 50.2 Å². The summed E-state index contributed by atoms with van der Waals surface area (Å²) in [7, 11) is 0. The lowest BCUT2D eigenvalue weighted by atomic mass is 10.0. The quantitative estimate of drug-likeness (QED) is 0.797. The highest BCUT2D eigenvalue weighted by Gasteiger charge is 2.20. The maximum Gasteiger partial charge on any atom is 0.348 e. The Morgan fingerprint density at radius 2 is 2.05 bits per heavy atom. The first-order chi connectivity index (χ1) is 9.96. The smallest absolute Gasteiger partial charge is 0.348 e. The third-order valence-electron chi connectivity index (χ3n) is 3.60. The van der Waals surface area contributed by atoms with E-state index in [1.165, 1.54) is 0 Å². The summed E-state index contributed by atoms with van der Waals surface area (Å²) in [4.78, 5) is 27.6. The molecular weight excluding hydrogens is 288 g/mol. The van der Waals surface area contributed by atoms with Gasteiger partial charge in [-0.05, 0) is 38.2 Å². The molecule has 1 rings (SSSR count). The number of hydrogen-bond donors (Lipinski definition) is 1. The number of hydrogen-bond acceptors (Lipinski definition) is 4. The third-order valence-corrected chi connectivity index (χ3v) is 4.25. The van der Waals surface area contributed by atoms with Gasteiger partial charge in [-0.3, -0.25) is 9.36 Å². The molecule has 1 aromatic heterocycles. The highest BCUT2D eigenvalue weighted by Crippen LogP contribution is 2.20. The summed E-state index contributed by atoms with van der Waals surface area (Å²) < 4.78 is 1.69. The maximum atomic E-state index is 12.3. The predicted octanol–water partition coefficient (Wildman–Crippen LogP) is 2.31. The van der Waals surface area contributed by atoms with Crippen molar-refractivity contribution < 1.29 is 9.90 Å². The standard InChI is InChI=1S/C15H24N2O3S/c1-5-12-11(9-14(18)19)13(6-2)17(15(20)16-12)10(3)7-8-21-4/h10H,5-9H2,1-4H3,(H,18,19). The molecule has 0 aliphatic rings. The van der Waals surface area contributed by atoms with E-state index < -0.39 is 5.97 Å². The monoisotopic (exact) mass is 312 g/mol. The Labute approximate surface area is 129 Å². The van der Waals surface area contributed by atoms with Crippen molar-refractivity contribution in [2.45, 2.75) is 52.5 Å². The summed E-state index contributed by atoms with van der Waals surface area (Å²) in [6.07, 6.45) is 4.04. The summed E-state index contributed by atoms with van der Waals surface area (Å²) in [6, 6.07) is 0.0332. The molecule has 118 valence electrons. The van der Waals surface area contributed by atoms with Crippen LogP contribution in [0.5, 0.6) is 0 Å². The molecule has 0 bridgehead atoms. The van der Waals surface area contributed by atoms with E-state index in [4.69, 9.17) is 5.11 Å². The van der Waals surface area contributed by atoms with Crippen molar-refractivity contribution in [2.75, 3.05) is 12.0 Å². The Hall–Kier alpha value is -1.30. The number of thioether (sulfide) groups is 1. The molecule has 1 unspecified atom stereocenters. The van der Waals surface area contributed by atoms with Gasteiger partial charge in [-0.2, -0.15) is 16.7 Å². The van der Waals surface area contributed by atoms with Crippen LogP contribution in [-0.4, -0.2) is 32.6 Å². The minimum atomic E-state index is -0.886. The van der Waals surface area contributed by atoms with Gasteiger partial charge < -0.3 is 5.11 Å². The Morgan fingerprint density at radius 3 is 2.52 bits per heavy atom. The second-order valence-corrected chi connectivity index (χ2v) is 6.03. The Kier molecular flexibility index (Phi) is 6.95. The molecule has 0 saturated heterocycles. The zero-order chi connectivity index (χ0) is 16.0. The van der Waals surface area contributed by atoms with E-state index in [0.717, 1.165) is 17.9 Å². The van der Waals surface area contributed by atoms with Gasteiger partial charge in [0.05, 0.1) is 12.1 Å². The van der Waals surface area contributed by atoms with Crippen LogP contribution in [-0.2, 0) is 24.1 Å². The van der Waals surface area contributed by atoms with Gasteiger partial charge in [0.15, 0.2) is 0 Å². The van der Waals surface area contributed by atoms with Gasteiger partial charge in [-0.1, -0.05) is 13.8 Å². The minimum absolute atomic E-state index is 0.0332. The number of aromatic nitrogens is 2. The summed E-state index contributed by atoms with van der Waals surface area (Å²) in [5, 5.41) is 9.13. The molecule has 0 amide bonds. The van der Waals surface area contributed by atoms with Crippen molar-refractivity contribution in [3.8, 4) is 0 Å². The lowest BCUT2D eigenvalue weighted by Gasteiger charge is -2.22. The first-order valence-corrected chi connectivity index (χ1v) is 8.69. The van der Waals surface area contributed by atoms with E-state index >= 15 is 0 Å². The highest BCUT2D eigenvalue weighted by atomic mass is 32.2. The molecule has 0 fully saturated rings. The Morgan fingerprint density at radius 1 is 1.38 bits per heavy atom. The average Bonchev–Trinajstić information content (AvgIpc) is 2.44. The van der Waals surface area contributed by atoms with Crippen LogP contribution in [0.4, 0.5) is 0 Å². The van der Waals surface area contributed by atoms with Gasteiger partial charge in [0.25, 0.3) is 0 Å². The lowest BCUT2D eigenvalue weighted by molar-refractivity contribution is -0.136. The van der Waals surface area contributed by atoms with Crippen LogP contribution in [0.2, 0.25) is 0 Å². The van der Waals surface area contributed by atoms with Gasteiger partial charge in [0.2, 0.25) is 0 Å². The van der Waals surface area contributed by atoms with Gasteiger partial charge in [0, 0.05) is 17.3 Å². The van der Waals surface area contributed by atoms with E-state index in [1.54, 1.807) is 16.3 Å². The minimum Gasteiger partial charge on any atom is -0.481 e. The zero-order valence-corrected chi connectivity index (χ0v) is 14.0. The molecule has 1 aromatic rings. The van der Waals surface area contributed by atoms with E-state index in [0.29, 0.717) is 24.1 Å². The molecular formula is C15H24N2O3S. The van der Waals surface area contributed by atoms with E-state index in [-0.39, 0.29) is 18.2 Å². The van der Waals surface area contributed by atoms with Crippen molar-refractivity contribution >= 4 is 17.7 Å². The van der Waals surface area contributed by atoms with Crippen LogP contribution in [0.15, 0.2) is 4.79 Å². The SMILES string of the molecule is CCc1nc(=O)n(C(C)CCSC)c(CC)c1CC(=O)O. The van der Waals surface area contributed by atoms with Crippen LogP contribution in [0.3, 0.4) is 0 Å². The fourth-order valence-corrected chi connectivity index (χ4v) is 3.14. The van der Waals surface area contributed by atoms with E-state index in [1.807, 2.05) is 27.0 Å². The fourth-order valence-electron chi connectivity index (χ4n) is 2.57. The van der Waals surface area contributed by atoms with Gasteiger partial charge in [-0.25, -0.2) is 4.79 Å². The molecule has 6 heteroatoms. The van der Waals surface area contributed by atoms with Crippen molar-refractivity contribution in [2.24, 2.45) is 0 Å². The topological polar surface area (TPSA) is 72.2 Å². The summed E-state index contributed by atoms with van der Waals surface area (Å²) in [5.74, 6) is 0.0729. The van der Waals surface area contributed by atoms with Crippen LogP contribution < -0.4 is 5.69 Å². The first kappa shape index (κ1) is 17.8. The van der Waals surface area contributed by atoms with Crippen molar-refractivity contribution in [1.82, 2.24) is 9.55 Å². The number of nitrogens with zero attached hydrogens (tertiary/aromatic N) is 2. The second-order valence-electron chi connectivity index (χ2n) is 5.04. The fraction of sp³-hybridized carbons (Fsp3) is 0.667.